The summed E-state index contributed by atoms with van der Waals surface area (Å²) in [7, 11) is 1.64. The van der Waals surface area contributed by atoms with Crippen molar-refractivity contribution in [3.63, 3.8) is 0 Å². The van der Waals surface area contributed by atoms with Crippen LogP contribution in [0.4, 0.5) is 19.0 Å². The molecule has 0 bridgehead atoms. The zero-order chi connectivity index (χ0) is 10.4. The molecule has 0 amide bonds. The van der Waals surface area contributed by atoms with Crippen molar-refractivity contribution in [2.45, 2.75) is 24.4 Å². The lowest BCUT2D eigenvalue weighted by atomic mass is 10.1. The SMILES string of the molecule is CNc1csc(C2(C(F)(F)F)CC2)n1. The van der Waals surface area contributed by atoms with Gasteiger partial charge in [0.1, 0.15) is 16.2 Å². The van der Waals surface area contributed by atoms with Crippen LogP contribution in [0.3, 0.4) is 0 Å². The second kappa shape index (κ2) is 2.85. The zero-order valence-electron chi connectivity index (χ0n) is 7.48. The number of aromatic nitrogens is 1. The fourth-order valence-corrected chi connectivity index (χ4v) is 2.44. The predicted molar refractivity (Wildman–Crippen MR) is 48.6 cm³/mol. The van der Waals surface area contributed by atoms with Gasteiger partial charge in [0.15, 0.2) is 0 Å². The molecule has 0 radical (unpaired) electrons. The molecule has 0 unspecified atom stereocenters. The summed E-state index contributed by atoms with van der Waals surface area (Å²) in [4.78, 5) is 3.92. The Morgan fingerprint density at radius 1 is 1.50 bits per heavy atom. The highest BCUT2D eigenvalue weighted by Gasteiger charge is 2.66. The number of anilines is 1. The van der Waals surface area contributed by atoms with Crippen LogP contribution in [0.2, 0.25) is 0 Å². The van der Waals surface area contributed by atoms with E-state index in [2.05, 4.69) is 10.3 Å². The maximum absolute atomic E-state index is 12.6. The van der Waals surface area contributed by atoms with Gasteiger partial charge in [0.2, 0.25) is 0 Å². The van der Waals surface area contributed by atoms with Crippen molar-refractivity contribution in [2.75, 3.05) is 12.4 Å². The number of hydrogen-bond donors (Lipinski definition) is 1. The third kappa shape index (κ3) is 1.28. The topological polar surface area (TPSA) is 24.9 Å². The smallest absolute Gasteiger partial charge is 0.372 e. The third-order valence-corrected chi connectivity index (χ3v) is 3.51. The van der Waals surface area contributed by atoms with E-state index >= 15 is 0 Å². The Morgan fingerprint density at radius 2 is 2.14 bits per heavy atom. The lowest BCUT2D eigenvalue weighted by molar-refractivity contribution is -0.160. The van der Waals surface area contributed by atoms with Crippen LogP contribution in [0, 0.1) is 0 Å². The molecule has 1 N–H and O–H groups in total. The number of nitrogens with one attached hydrogen (secondary N) is 1. The molecule has 0 spiro atoms. The highest BCUT2D eigenvalue weighted by atomic mass is 32.1. The molecule has 6 heteroatoms. The monoisotopic (exact) mass is 222 g/mol. The van der Waals surface area contributed by atoms with Crippen LogP contribution in [0.25, 0.3) is 0 Å². The molecular weight excluding hydrogens is 213 g/mol. The van der Waals surface area contributed by atoms with Gasteiger partial charge >= 0.3 is 6.18 Å². The first kappa shape index (κ1) is 9.76. The van der Waals surface area contributed by atoms with Crippen LogP contribution in [-0.4, -0.2) is 18.2 Å². The van der Waals surface area contributed by atoms with Crippen molar-refractivity contribution in [1.29, 1.82) is 0 Å². The molecule has 1 aliphatic rings. The Bertz CT molecular complexity index is 341. The first-order chi connectivity index (χ1) is 6.49. The Morgan fingerprint density at radius 3 is 2.50 bits per heavy atom. The molecule has 0 atom stereocenters. The molecule has 1 aromatic rings. The number of rotatable bonds is 2. The Hall–Kier alpha value is -0.780. The Kier molecular flexibility index (Phi) is 1.99. The molecule has 1 aromatic heterocycles. The van der Waals surface area contributed by atoms with Gasteiger partial charge in [-0.2, -0.15) is 13.2 Å². The largest absolute Gasteiger partial charge is 0.400 e. The maximum Gasteiger partial charge on any atom is 0.400 e. The normalized spacial score (nSPS) is 19.4. The Labute approximate surface area is 83.2 Å². The molecule has 2 rings (SSSR count). The number of alkyl halides is 3. The van der Waals surface area contributed by atoms with Crippen molar-refractivity contribution in [2.24, 2.45) is 0 Å². The summed E-state index contributed by atoms with van der Waals surface area (Å²) in [6.07, 6.45) is -3.81. The number of nitrogens with zero attached hydrogens (tertiary/aromatic N) is 1. The highest BCUT2D eigenvalue weighted by molar-refractivity contribution is 7.10. The lowest BCUT2D eigenvalue weighted by Crippen LogP contribution is -2.28. The standard InChI is InChI=1S/C8H9F3N2S/c1-12-5-4-14-6(13-5)7(2-3-7)8(9,10)11/h4,12H,2-3H2,1H3. The van der Waals surface area contributed by atoms with E-state index < -0.39 is 11.6 Å². The van der Waals surface area contributed by atoms with E-state index in [-0.39, 0.29) is 17.8 Å². The average Bonchev–Trinajstić information content (AvgIpc) is 2.79. The van der Waals surface area contributed by atoms with Gasteiger partial charge in [0, 0.05) is 12.4 Å². The Balaban J connectivity index is 2.31. The fraction of sp³-hybridized carbons (Fsp3) is 0.625. The van der Waals surface area contributed by atoms with Crippen molar-refractivity contribution in [3.8, 4) is 0 Å². The van der Waals surface area contributed by atoms with Crippen LogP contribution < -0.4 is 5.32 Å². The van der Waals surface area contributed by atoms with E-state index in [1.54, 1.807) is 12.4 Å². The number of halogens is 3. The van der Waals surface area contributed by atoms with Crippen molar-refractivity contribution < 1.29 is 13.2 Å². The molecule has 78 valence electrons. The van der Waals surface area contributed by atoms with Crippen LogP contribution in [0.5, 0.6) is 0 Å². The van der Waals surface area contributed by atoms with Gasteiger partial charge in [0.25, 0.3) is 0 Å². The van der Waals surface area contributed by atoms with Gasteiger partial charge in [-0.25, -0.2) is 4.98 Å². The first-order valence-electron chi connectivity index (χ1n) is 4.20. The number of thiazole rings is 1. The van der Waals surface area contributed by atoms with E-state index in [9.17, 15) is 13.2 Å². The van der Waals surface area contributed by atoms with Gasteiger partial charge in [-0.1, -0.05) is 0 Å². The van der Waals surface area contributed by atoms with Crippen molar-refractivity contribution in [1.82, 2.24) is 4.98 Å². The summed E-state index contributed by atoms with van der Waals surface area (Å²) in [6, 6.07) is 0. The average molecular weight is 222 g/mol. The fourth-order valence-electron chi connectivity index (χ4n) is 1.35. The summed E-state index contributed by atoms with van der Waals surface area (Å²) in [5.41, 5.74) is -1.63. The van der Waals surface area contributed by atoms with Crippen LogP contribution in [-0.2, 0) is 5.41 Å². The van der Waals surface area contributed by atoms with E-state index in [0.29, 0.717) is 5.82 Å². The summed E-state index contributed by atoms with van der Waals surface area (Å²) in [5.74, 6) is 0.514. The molecule has 2 nitrogen and oxygen atoms in total. The van der Waals surface area contributed by atoms with Crippen LogP contribution in [0.15, 0.2) is 5.38 Å². The second-order valence-corrected chi connectivity index (χ2v) is 4.23. The molecule has 0 aromatic carbocycles. The number of hydrogen-bond acceptors (Lipinski definition) is 3. The molecule has 14 heavy (non-hydrogen) atoms. The van der Waals surface area contributed by atoms with Gasteiger partial charge < -0.3 is 5.32 Å². The first-order valence-corrected chi connectivity index (χ1v) is 5.08. The maximum atomic E-state index is 12.6. The molecule has 0 saturated heterocycles. The van der Waals surface area contributed by atoms with Gasteiger partial charge in [-0.15, -0.1) is 11.3 Å². The van der Waals surface area contributed by atoms with Crippen LogP contribution >= 0.6 is 11.3 Å². The zero-order valence-corrected chi connectivity index (χ0v) is 8.30. The third-order valence-electron chi connectivity index (χ3n) is 2.46. The van der Waals surface area contributed by atoms with Crippen molar-refractivity contribution in [3.05, 3.63) is 10.4 Å². The molecule has 0 aliphatic heterocycles. The summed E-state index contributed by atoms with van der Waals surface area (Å²) in [5, 5.41) is 4.53. The summed E-state index contributed by atoms with van der Waals surface area (Å²) >= 11 is 1.08. The summed E-state index contributed by atoms with van der Waals surface area (Å²) in [6.45, 7) is 0. The quantitative estimate of drug-likeness (QED) is 0.832. The van der Waals surface area contributed by atoms with Crippen molar-refractivity contribution >= 4 is 17.2 Å². The predicted octanol–water partition coefficient (Wildman–Crippen LogP) is 2.78. The van der Waals surface area contributed by atoms with Crippen LogP contribution in [0.1, 0.15) is 17.8 Å². The molecular formula is C8H9F3N2S. The van der Waals surface area contributed by atoms with Gasteiger partial charge in [-0.3, -0.25) is 0 Å². The molecule has 1 saturated carbocycles. The minimum Gasteiger partial charge on any atom is -0.372 e. The van der Waals surface area contributed by atoms with Gasteiger partial charge in [0.05, 0.1) is 0 Å². The lowest BCUT2D eigenvalue weighted by Gasteiger charge is -2.15. The van der Waals surface area contributed by atoms with E-state index in [1.807, 2.05) is 0 Å². The van der Waals surface area contributed by atoms with Gasteiger partial charge in [-0.05, 0) is 12.8 Å². The minimum absolute atomic E-state index is 0.174. The minimum atomic E-state index is -4.16. The van der Waals surface area contributed by atoms with E-state index in [1.165, 1.54) is 0 Å². The molecule has 1 heterocycles. The highest BCUT2D eigenvalue weighted by Crippen LogP contribution is 2.59. The molecule has 1 aliphatic carbocycles. The molecule has 1 fully saturated rings. The second-order valence-electron chi connectivity index (χ2n) is 3.37. The summed E-state index contributed by atoms with van der Waals surface area (Å²) < 4.78 is 37.9. The van der Waals surface area contributed by atoms with E-state index in [0.717, 1.165) is 11.3 Å². The van der Waals surface area contributed by atoms with E-state index in [4.69, 9.17) is 0 Å².